The van der Waals surface area contributed by atoms with Gasteiger partial charge < -0.3 is 30.5 Å². The molecule has 2 rings (SSSR count). The summed E-state index contributed by atoms with van der Waals surface area (Å²) in [5.41, 5.74) is 6.08. The van der Waals surface area contributed by atoms with Gasteiger partial charge in [0.25, 0.3) is 0 Å². The number of ether oxygens (including phenoxy) is 1. The van der Waals surface area contributed by atoms with Crippen LogP contribution in [-0.4, -0.2) is 56.9 Å². The molecule has 0 saturated carbocycles. The number of carbonyl (C=O) groups excluding carboxylic acids is 1. The summed E-state index contributed by atoms with van der Waals surface area (Å²) in [5.74, 6) is -0.630. The van der Waals surface area contributed by atoms with E-state index in [9.17, 15) is 19.6 Å². The van der Waals surface area contributed by atoms with Gasteiger partial charge in [0.15, 0.2) is 0 Å². The number of primary amides is 1. The number of phosphoric acid groups is 1. The van der Waals surface area contributed by atoms with Crippen molar-refractivity contribution in [2.24, 2.45) is 5.73 Å². The highest BCUT2D eigenvalue weighted by Crippen LogP contribution is 2.37. The fourth-order valence-corrected chi connectivity index (χ4v) is 2.80. The second-order valence-electron chi connectivity index (χ2n) is 5.21. The summed E-state index contributed by atoms with van der Waals surface area (Å²) in [6.45, 7) is -0.573. The molecule has 1 aliphatic rings. The van der Waals surface area contributed by atoms with Gasteiger partial charge in [-0.3, -0.25) is 9.32 Å². The fraction of sp³-hybridized carbons (Fsp3) is 0.462. The number of hydrogen-bond acceptors (Lipinski definition) is 6. The Kier molecular flexibility index (Phi) is 5.53. The van der Waals surface area contributed by atoms with E-state index in [0.717, 1.165) is 0 Å². The van der Waals surface area contributed by atoms with Crippen LogP contribution in [0.5, 0.6) is 0 Å². The van der Waals surface area contributed by atoms with Crippen LogP contribution >= 0.6 is 7.82 Å². The average Bonchev–Trinajstić information content (AvgIpc) is 2.73. The lowest BCUT2D eigenvalue weighted by atomic mass is 9.97. The molecule has 4 atom stereocenters. The molecule has 128 valence electrons. The van der Waals surface area contributed by atoms with E-state index >= 15 is 0 Å². The van der Waals surface area contributed by atoms with Gasteiger partial charge in [-0.2, -0.15) is 0 Å². The van der Waals surface area contributed by atoms with Gasteiger partial charge in [-0.25, -0.2) is 4.57 Å². The van der Waals surface area contributed by atoms with Crippen molar-refractivity contribution in [2.45, 2.75) is 30.8 Å². The molecule has 0 bridgehead atoms. The number of hydrogen-bond donors (Lipinski definition) is 5. The van der Waals surface area contributed by atoms with E-state index in [0.29, 0.717) is 5.56 Å². The Bertz CT molecular complexity index is 618. The minimum atomic E-state index is -4.71. The normalized spacial score (nSPS) is 28.0. The molecular formula is C13H18NO8P. The van der Waals surface area contributed by atoms with Crippen LogP contribution in [-0.2, 0) is 20.2 Å². The summed E-state index contributed by atoms with van der Waals surface area (Å²) in [4.78, 5) is 28.7. The van der Waals surface area contributed by atoms with E-state index in [1.165, 1.54) is 6.07 Å². The summed E-state index contributed by atoms with van der Waals surface area (Å²) in [6.07, 6.45) is -4.52. The summed E-state index contributed by atoms with van der Waals surface area (Å²) < 4.78 is 20.4. The molecule has 9 nitrogen and oxygen atoms in total. The van der Waals surface area contributed by atoms with Crippen molar-refractivity contribution in [1.82, 2.24) is 0 Å². The lowest BCUT2D eigenvalue weighted by Gasteiger charge is -2.16. The third-order valence-corrected chi connectivity index (χ3v) is 4.06. The summed E-state index contributed by atoms with van der Waals surface area (Å²) >= 11 is 0. The molecule has 1 saturated heterocycles. The monoisotopic (exact) mass is 347 g/mol. The number of phosphoric ester groups is 1. The van der Waals surface area contributed by atoms with Crippen LogP contribution in [0.25, 0.3) is 0 Å². The highest BCUT2D eigenvalue weighted by atomic mass is 31.2. The van der Waals surface area contributed by atoms with Gasteiger partial charge in [0, 0.05) is 12.0 Å². The van der Waals surface area contributed by atoms with Crippen LogP contribution in [0.2, 0.25) is 0 Å². The second-order valence-corrected chi connectivity index (χ2v) is 6.45. The number of benzene rings is 1. The molecule has 1 aromatic carbocycles. The minimum Gasteiger partial charge on any atom is -0.388 e. The van der Waals surface area contributed by atoms with Gasteiger partial charge >= 0.3 is 7.82 Å². The number of aliphatic hydroxyl groups is 2. The molecular weight excluding hydrogens is 329 g/mol. The molecule has 0 aliphatic carbocycles. The molecule has 0 spiro atoms. The van der Waals surface area contributed by atoms with Gasteiger partial charge in [-0.05, 0) is 11.6 Å². The van der Waals surface area contributed by atoms with Crippen molar-refractivity contribution >= 4 is 13.7 Å². The Morgan fingerprint density at radius 1 is 1.22 bits per heavy atom. The molecule has 1 amide bonds. The van der Waals surface area contributed by atoms with Gasteiger partial charge in [-0.1, -0.05) is 18.2 Å². The first-order valence-electron chi connectivity index (χ1n) is 6.78. The van der Waals surface area contributed by atoms with Crippen LogP contribution < -0.4 is 5.73 Å². The van der Waals surface area contributed by atoms with Gasteiger partial charge in [0.1, 0.15) is 18.3 Å². The van der Waals surface area contributed by atoms with Gasteiger partial charge in [0.05, 0.1) is 12.7 Å². The Morgan fingerprint density at radius 2 is 1.83 bits per heavy atom. The quantitative estimate of drug-likeness (QED) is 0.407. The third kappa shape index (κ3) is 4.58. The Morgan fingerprint density at radius 3 is 2.43 bits per heavy atom. The minimum absolute atomic E-state index is 0.101. The fourth-order valence-electron chi connectivity index (χ4n) is 2.46. The first-order valence-corrected chi connectivity index (χ1v) is 8.31. The van der Waals surface area contributed by atoms with Crippen molar-refractivity contribution < 1.29 is 38.6 Å². The number of amides is 1. The van der Waals surface area contributed by atoms with E-state index in [2.05, 4.69) is 4.52 Å². The van der Waals surface area contributed by atoms with E-state index < -0.39 is 44.8 Å². The van der Waals surface area contributed by atoms with E-state index in [4.69, 9.17) is 20.3 Å². The predicted octanol–water partition coefficient (Wildman–Crippen LogP) is -1.07. The van der Waals surface area contributed by atoms with E-state index in [1.54, 1.807) is 18.2 Å². The summed E-state index contributed by atoms with van der Waals surface area (Å²) in [6, 6.07) is 6.50. The van der Waals surface area contributed by atoms with Crippen LogP contribution in [0.3, 0.4) is 0 Å². The molecule has 1 aromatic rings. The average molecular weight is 347 g/mol. The molecule has 6 N–H and O–H groups in total. The molecule has 1 fully saturated rings. The predicted molar refractivity (Wildman–Crippen MR) is 77.3 cm³/mol. The Balaban J connectivity index is 2.07. The Labute approximate surface area is 131 Å². The van der Waals surface area contributed by atoms with Crippen molar-refractivity contribution in [3.8, 4) is 0 Å². The largest absolute Gasteiger partial charge is 0.469 e. The second kappa shape index (κ2) is 7.06. The highest BCUT2D eigenvalue weighted by Gasteiger charge is 2.43. The van der Waals surface area contributed by atoms with Crippen LogP contribution in [0, 0.1) is 0 Å². The number of rotatable bonds is 6. The van der Waals surface area contributed by atoms with Crippen molar-refractivity contribution in [3.63, 3.8) is 0 Å². The van der Waals surface area contributed by atoms with Gasteiger partial charge in [0.2, 0.25) is 5.91 Å². The maximum absolute atomic E-state index is 11.4. The van der Waals surface area contributed by atoms with Crippen LogP contribution in [0.15, 0.2) is 24.3 Å². The SMILES string of the molecule is NC(=O)c1ccccc1C[C@@H]1O[C@H](COP(=O)(O)O)[C@@H](O)[C@H]1O. The van der Waals surface area contributed by atoms with Gasteiger partial charge in [-0.15, -0.1) is 0 Å². The maximum atomic E-state index is 11.4. The zero-order valence-corrected chi connectivity index (χ0v) is 12.9. The van der Waals surface area contributed by atoms with Crippen LogP contribution in [0.4, 0.5) is 0 Å². The summed E-state index contributed by atoms with van der Waals surface area (Å²) in [5, 5.41) is 19.9. The van der Waals surface area contributed by atoms with E-state index in [-0.39, 0.29) is 12.0 Å². The van der Waals surface area contributed by atoms with Crippen molar-refractivity contribution in [2.75, 3.05) is 6.61 Å². The first kappa shape index (κ1) is 18.0. The van der Waals surface area contributed by atoms with E-state index in [1.807, 2.05) is 0 Å². The first-order chi connectivity index (χ1) is 10.7. The highest BCUT2D eigenvalue weighted by molar-refractivity contribution is 7.46. The molecule has 1 heterocycles. The lowest BCUT2D eigenvalue weighted by molar-refractivity contribution is -0.0212. The molecule has 10 heteroatoms. The molecule has 0 aromatic heterocycles. The molecule has 1 aliphatic heterocycles. The Hall–Kier alpha value is -1.32. The molecule has 0 radical (unpaired) electrons. The van der Waals surface area contributed by atoms with Crippen molar-refractivity contribution in [3.05, 3.63) is 35.4 Å². The lowest BCUT2D eigenvalue weighted by Crippen LogP contribution is -2.35. The number of nitrogens with two attached hydrogens (primary N) is 1. The molecule has 23 heavy (non-hydrogen) atoms. The zero-order valence-electron chi connectivity index (χ0n) is 12.0. The third-order valence-electron chi connectivity index (χ3n) is 3.57. The number of aliphatic hydroxyl groups excluding tert-OH is 2. The van der Waals surface area contributed by atoms with Crippen molar-refractivity contribution in [1.29, 1.82) is 0 Å². The van der Waals surface area contributed by atoms with Crippen LogP contribution in [0.1, 0.15) is 15.9 Å². The maximum Gasteiger partial charge on any atom is 0.469 e. The smallest absolute Gasteiger partial charge is 0.388 e. The standard InChI is InChI=1S/C13H18NO8P/c14-13(17)8-4-2-1-3-7(8)5-9-11(15)12(16)10(22-9)6-21-23(18,19)20/h1-4,9-12,15-16H,5-6H2,(H2,14,17)(H2,18,19,20)/t9-,10+,11-,12+/m0/s1. The zero-order chi connectivity index (χ0) is 17.2. The number of carbonyl (C=O) groups is 1. The molecule has 0 unspecified atom stereocenters. The summed E-state index contributed by atoms with van der Waals surface area (Å²) in [7, 11) is -4.71. The topological polar surface area (TPSA) is 160 Å².